The number of aromatic hydroxyl groups is 1. The fraction of sp³-hybridized carbons (Fsp3) is 0.0909. The molecule has 1 aromatic carbocycles. The van der Waals surface area contributed by atoms with E-state index in [0.29, 0.717) is 5.75 Å². The van der Waals surface area contributed by atoms with Crippen molar-refractivity contribution in [3.8, 4) is 16.9 Å². The van der Waals surface area contributed by atoms with Crippen molar-refractivity contribution in [1.82, 2.24) is 0 Å². The van der Waals surface area contributed by atoms with E-state index in [1.807, 2.05) is 19.1 Å². The second-order valence-electron chi connectivity index (χ2n) is 3.01. The molecule has 0 saturated carbocycles. The number of phenolic OH excluding ortho intramolecular Hbond substituents is 1. The molecule has 0 aliphatic rings. The minimum Gasteiger partial charge on any atom is -0.508 e. The largest absolute Gasteiger partial charge is 0.508 e. The van der Waals surface area contributed by atoms with E-state index in [2.05, 4.69) is 16.8 Å². The lowest BCUT2D eigenvalue weighted by atomic mass is 10.1. The van der Waals surface area contributed by atoms with Gasteiger partial charge in [-0.05, 0) is 52.6 Å². The second-order valence-corrected chi connectivity index (χ2v) is 3.79. The van der Waals surface area contributed by atoms with Crippen molar-refractivity contribution in [3.05, 3.63) is 40.6 Å². The molecule has 2 rings (SSSR count). The summed E-state index contributed by atoms with van der Waals surface area (Å²) in [5, 5.41) is 13.5. The molecular weight excluding hydrogens is 180 g/mol. The molecule has 0 spiro atoms. The predicted octanol–water partition coefficient (Wildman–Crippen LogP) is 3.43. The van der Waals surface area contributed by atoms with Gasteiger partial charge in [-0.25, -0.2) is 0 Å². The third-order valence-electron chi connectivity index (χ3n) is 2.05. The van der Waals surface area contributed by atoms with Crippen molar-refractivity contribution in [2.75, 3.05) is 0 Å². The number of hydrogen-bond acceptors (Lipinski definition) is 2. The average Bonchev–Trinajstić information content (AvgIpc) is 2.62. The minimum atomic E-state index is 0.360. The van der Waals surface area contributed by atoms with Crippen LogP contribution < -0.4 is 0 Å². The van der Waals surface area contributed by atoms with Gasteiger partial charge in [0.25, 0.3) is 0 Å². The van der Waals surface area contributed by atoms with Crippen LogP contribution in [-0.4, -0.2) is 5.11 Å². The molecule has 0 bridgehead atoms. The van der Waals surface area contributed by atoms with Crippen LogP contribution >= 0.6 is 11.3 Å². The Labute approximate surface area is 81.3 Å². The molecule has 0 aliphatic heterocycles. The fourth-order valence-electron chi connectivity index (χ4n) is 1.26. The van der Waals surface area contributed by atoms with Crippen LogP contribution in [0, 0.1) is 6.92 Å². The molecule has 2 heteroatoms. The summed E-state index contributed by atoms with van der Waals surface area (Å²) in [6.07, 6.45) is 0. The molecule has 0 unspecified atom stereocenters. The molecule has 0 atom stereocenters. The molecular formula is C11H10OS. The molecule has 2 aromatic rings. The average molecular weight is 190 g/mol. The number of phenols is 1. The molecule has 0 radical (unpaired) electrons. The topological polar surface area (TPSA) is 20.2 Å². The Balaban J connectivity index is 2.49. The number of rotatable bonds is 1. The van der Waals surface area contributed by atoms with E-state index >= 15 is 0 Å². The van der Waals surface area contributed by atoms with Crippen LogP contribution in [0.4, 0.5) is 0 Å². The van der Waals surface area contributed by atoms with Crippen LogP contribution in [0.25, 0.3) is 11.1 Å². The summed E-state index contributed by atoms with van der Waals surface area (Å²) >= 11 is 1.68. The van der Waals surface area contributed by atoms with Crippen LogP contribution in [0.3, 0.4) is 0 Å². The van der Waals surface area contributed by atoms with Crippen LogP contribution in [0.15, 0.2) is 35.0 Å². The lowest BCUT2D eigenvalue weighted by Gasteiger charge is -2.01. The van der Waals surface area contributed by atoms with Gasteiger partial charge in [0.05, 0.1) is 0 Å². The lowest BCUT2D eigenvalue weighted by molar-refractivity contribution is 0.471. The van der Waals surface area contributed by atoms with E-state index in [0.717, 1.165) is 11.1 Å². The Kier molecular flexibility index (Phi) is 2.07. The van der Waals surface area contributed by atoms with Gasteiger partial charge in [-0.3, -0.25) is 0 Å². The first-order valence-corrected chi connectivity index (χ1v) is 5.04. The van der Waals surface area contributed by atoms with Crippen molar-refractivity contribution in [3.63, 3.8) is 0 Å². The molecule has 0 amide bonds. The zero-order valence-corrected chi connectivity index (χ0v) is 8.14. The maximum Gasteiger partial charge on any atom is 0.118 e. The highest BCUT2D eigenvalue weighted by atomic mass is 32.1. The lowest BCUT2D eigenvalue weighted by Crippen LogP contribution is -1.77. The van der Waals surface area contributed by atoms with Crippen molar-refractivity contribution in [1.29, 1.82) is 0 Å². The molecule has 1 aromatic heterocycles. The van der Waals surface area contributed by atoms with E-state index in [-0.39, 0.29) is 0 Å². The van der Waals surface area contributed by atoms with Crippen molar-refractivity contribution < 1.29 is 5.11 Å². The van der Waals surface area contributed by atoms with E-state index < -0.39 is 0 Å². The van der Waals surface area contributed by atoms with Gasteiger partial charge in [0.1, 0.15) is 5.75 Å². The van der Waals surface area contributed by atoms with E-state index in [4.69, 9.17) is 0 Å². The molecule has 66 valence electrons. The number of hydrogen-bond donors (Lipinski definition) is 1. The van der Waals surface area contributed by atoms with Gasteiger partial charge in [0, 0.05) is 0 Å². The Bertz CT molecular complexity index is 404. The summed E-state index contributed by atoms with van der Waals surface area (Å²) in [5.41, 5.74) is 3.30. The zero-order chi connectivity index (χ0) is 9.26. The first-order valence-electron chi connectivity index (χ1n) is 4.09. The zero-order valence-electron chi connectivity index (χ0n) is 7.32. The van der Waals surface area contributed by atoms with Gasteiger partial charge in [-0.2, -0.15) is 11.3 Å². The van der Waals surface area contributed by atoms with Crippen LogP contribution in [-0.2, 0) is 0 Å². The molecule has 0 saturated heterocycles. The third kappa shape index (κ3) is 1.58. The van der Waals surface area contributed by atoms with Gasteiger partial charge in [0.15, 0.2) is 0 Å². The maximum atomic E-state index is 9.34. The van der Waals surface area contributed by atoms with Crippen molar-refractivity contribution in [2.45, 2.75) is 6.92 Å². The summed E-state index contributed by atoms with van der Waals surface area (Å²) in [4.78, 5) is 0. The van der Waals surface area contributed by atoms with Crippen LogP contribution in [0.5, 0.6) is 5.75 Å². The highest BCUT2D eigenvalue weighted by Crippen LogP contribution is 2.26. The Morgan fingerprint density at radius 2 is 2.00 bits per heavy atom. The summed E-state index contributed by atoms with van der Waals surface area (Å²) in [6, 6.07) is 7.75. The summed E-state index contributed by atoms with van der Waals surface area (Å²) in [6.45, 7) is 1.91. The number of benzene rings is 1. The van der Waals surface area contributed by atoms with Gasteiger partial charge in [-0.15, -0.1) is 0 Å². The summed E-state index contributed by atoms with van der Waals surface area (Å²) in [5.74, 6) is 0.360. The molecule has 1 heterocycles. The molecule has 0 fully saturated rings. The van der Waals surface area contributed by atoms with Gasteiger partial charge in [0.2, 0.25) is 0 Å². The summed E-state index contributed by atoms with van der Waals surface area (Å²) in [7, 11) is 0. The smallest absolute Gasteiger partial charge is 0.118 e. The highest BCUT2D eigenvalue weighted by Gasteiger charge is 2.00. The van der Waals surface area contributed by atoms with E-state index in [9.17, 15) is 5.11 Å². The standard InChI is InChI=1S/C11H10OS/c1-8-6-9(2-3-11(8)12)10-4-5-13-7-10/h2-7,12H,1H3. The molecule has 1 N–H and O–H groups in total. The first-order chi connectivity index (χ1) is 6.27. The van der Waals surface area contributed by atoms with E-state index in [1.165, 1.54) is 5.56 Å². The second kappa shape index (κ2) is 3.23. The Morgan fingerprint density at radius 1 is 1.15 bits per heavy atom. The highest BCUT2D eigenvalue weighted by molar-refractivity contribution is 7.08. The molecule has 1 nitrogen and oxygen atoms in total. The monoisotopic (exact) mass is 190 g/mol. The summed E-state index contributed by atoms with van der Waals surface area (Å²) < 4.78 is 0. The first kappa shape index (κ1) is 8.32. The van der Waals surface area contributed by atoms with Crippen LogP contribution in [0.2, 0.25) is 0 Å². The SMILES string of the molecule is Cc1cc(-c2ccsc2)ccc1O. The quantitative estimate of drug-likeness (QED) is 0.730. The number of thiophene rings is 1. The maximum absolute atomic E-state index is 9.34. The number of aryl methyl sites for hydroxylation is 1. The fourth-order valence-corrected chi connectivity index (χ4v) is 1.93. The van der Waals surface area contributed by atoms with Gasteiger partial charge in [-0.1, -0.05) is 6.07 Å². The van der Waals surface area contributed by atoms with Gasteiger partial charge >= 0.3 is 0 Å². The molecule has 0 aliphatic carbocycles. The van der Waals surface area contributed by atoms with Crippen molar-refractivity contribution >= 4 is 11.3 Å². The molecule has 13 heavy (non-hydrogen) atoms. The normalized spacial score (nSPS) is 10.2. The van der Waals surface area contributed by atoms with Crippen LogP contribution in [0.1, 0.15) is 5.56 Å². The third-order valence-corrected chi connectivity index (χ3v) is 2.73. The Morgan fingerprint density at radius 3 is 2.62 bits per heavy atom. The van der Waals surface area contributed by atoms with E-state index in [1.54, 1.807) is 17.4 Å². The minimum absolute atomic E-state index is 0.360. The van der Waals surface area contributed by atoms with Gasteiger partial charge < -0.3 is 5.11 Å². The van der Waals surface area contributed by atoms with Crippen molar-refractivity contribution in [2.24, 2.45) is 0 Å². The Hall–Kier alpha value is -1.28. The predicted molar refractivity (Wildman–Crippen MR) is 56.2 cm³/mol.